The molecule has 0 amide bonds. The fraction of sp³-hybridized carbons (Fsp3) is 0. The molecule has 0 radical (unpaired) electrons. The fourth-order valence-electron chi connectivity index (χ4n) is 1.40. The average Bonchev–Trinajstić information content (AvgIpc) is 2.42. The zero-order valence-corrected chi connectivity index (χ0v) is 12.7. The van der Waals surface area contributed by atoms with Gasteiger partial charge in [0.1, 0.15) is 22.7 Å². The molecule has 0 unspecified atom stereocenters. The van der Waals surface area contributed by atoms with Gasteiger partial charge in [0.15, 0.2) is 5.82 Å². The van der Waals surface area contributed by atoms with E-state index < -0.39 is 0 Å². The summed E-state index contributed by atoms with van der Waals surface area (Å²) >= 11 is 6.66. The number of nitrogen functional groups attached to an aromatic ring is 1. The van der Waals surface area contributed by atoms with Gasteiger partial charge >= 0.3 is 0 Å². The summed E-state index contributed by atoms with van der Waals surface area (Å²) in [5.74, 6) is 6.30. The van der Waals surface area contributed by atoms with Crippen LogP contribution in [0.25, 0.3) is 0 Å². The first-order valence-corrected chi connectivity index (χ1v) is 6.68. The number of anilines is 3. The van der Waals surface area contributed by atoms with Crippen molar-refractivity contribution in [3.8, 4) is 6.07 Å². The highest BCUT2D eigenvalue weighted by molar-refractivity contribution is 9.11. The van der Waals surface area contributed by atoms with Gasteiger partial charge in [0.2, 0.25) is 0 Å². The van der Waals surface area contributed by atoms with Crippen LogP contribution in [0.3, 0.4) is 0 Å². The van der Waals surface area contributed by atoms with Crippen LogP contribution in [0.4, 0.5) is 17.3 Å². The maximum absolute atomic E-state index is 9.10. The molecule has 1 aromatic heterocycles. The molecule has 0 aliphatic rings. The van der Waals surface area contributed by atoms with Gasteiger partial charge in [-0.05, 0) is 34.1 Å². The largest absolute Gasteiger partial charge is 0.338 e. The van der Waals surface area contributed by atoms with Crippen molar-refractivity contribution < 1.29 is 0 Å². The molecule has 2 aromatic rings. The molecule has 0 fully saturated rings. The summed E-state index contributed by atoms with van der Waals surface area (Å²) in [5.41, 5.74) is 3.60. The predicted molar refractivity (Wildman–Crippen MR) is 79.7 cm³/mol. The van der Waals surface area contributed by atoms with Gasteiger partial charge in [-0.25, -0.2) is 15.8 Å². The van der Waals surface area contributed by atoms with E-state index in [0.29, 0.717) is 27.4 Å². The molecule has 1 heterocycles. The van der Waals surface area contributed by atoms with Gasteiger partial charge in [0.05, 0.1) is 11.3 Å². The summed E-state index contributed by atoms with van der Waals surface area (Å²) in [5, 5.41) is 12.2. The van der Waals surface area contributed by atoms with E-state index in [0.717, 1.165) is 4.47 Å². The Morgan fingerprint density at radius 3 is 2.63 bits per heavy atom. The zero-order chi connectivity index (χ0) is 13.8. The van der Waals surface area contributed by atoms with E-state index >= 15 is 0 Å². The number of nitriles is 1. The number of halogens is 2. The molecule has 96 valence electrons. The minimum atomic E-state index is 0.452. The normalized spacial score (nSPS) is 9.79. The SMILES string of the molecule is N#Cc1cc(Br)ccc1Nc1ncnc(NN)c1Br. The molecule has 0 bridgehead atoms. The topological polar surface area (TPSA) is 99.6 Å². The lowest BCUT2D eigenvalue weighted by molar-refractivity contribution is 1.12. The average molecular weight is 384 g/mol. The molecular formula is C11H8Br2N6. The highest BCUT2D eigenvalue weighted by Crippen LogP contribution is 2.30. The van der Waals surface area contributed by atoms with Crippen LogP contribution in [0, 0.1) is 11.3 Å². The minimum Gasteiger partial charge on any atom is -0.338 e. The third-order valence-electron chi connectivity index (χ3n) is 2.28. The van der Waals surface area contributed by atoms with Gasteiger partial charge < -0.3 is 10.7 Å². The summed E-state index contributed by atoms with van der Waals surface area (Å²) in [7, 11) is 0. The standard InChI is InChI=1S/C11H8Br2N6/c12-7-1-2-8(6(3-7)4-14)18-10-9(13)11(19-15)17-5-16-10/h1-3,5H,15H2,(H2,16,17,18,19). The van der Waals surface area contributed by atoms with Gasteiger partial charge in [0, 0.05) is 4.47 Å². The van der Waals surface area contributed by atoms with E-state index in [-0.39, 0.29) is 0 Å². The number of hydrogen-bond acceptors (Lipinski definition) is 6. The number of nitrogens with one attached hydrogen (secondary N) is 2. The first-order valence-electron chi connectivity index (χ1n) is 5.09. The highest BCUT2D eigenvalue weighted by atomic mass is 79.9. The van der Waals surface area contributed by atoms with Gasteiger partial charge in [-0.1, -0.05) is 15.9 Å². The van der Waals surface area contributed by atoms with E-state index in [1.165, 1.54) is 6.33 Å². The Kier molecular flexibility index (Phi) is 4.31. The van der Waals surface area contributed by atoms with Crippen LogP contribution >= 0.6 is 31.9 Å². The van der Waals surface area contributed by atoms with Gasteiger partial charge in [0.25, 0.3) is 0 Å². The van der Waals surface area contributed by atoms with Crippen molar-refractivity contribution in [3.63, 3.8) is 0 Å². The van der Waals surface area contributed by atoms with Crippen LogP contribution in [0.1, 0.15) is 5.56 Å². The lowest BCUT2D eigenvalue weighted by Gasteiger charge is -2.11. The molecule has 0 aliphatic carbocycles. The quantitative estimate of drug-likeness (QED) is 0.556. The molecule has 0 atom stereocenters. The van der Waals surface area contributed by atoms with Crippen molar-refractivity contribution in [1.82, 2.24) is 9.97 Å². The summed E-state index contributed by atoms with van der Waals surface area (Å²) in [6, 6.07) is 7.45. The number of rotatable bonds is 3. The molecular weight excluding hydrogens is 376 g/mol. The van der Waals surface area contributed by atoms with Crippen LogP contribution in [0.15, 0.2) is 33.5 Å². The monoisotopic (exact) mass is 382 g/mol. The zero-order valence-electron chi connectivity index (χ0n) is 9.48. The van der Waals surface area contributed by atoms with E-state index in [4.69, 9.17) is 11.1 Å². The third-order valence-corrected chi connectivity index (χ3v) is 3.53. The molecule has 0 aliphatic heterocycles. The second kappa shape index (κ2) is 5.97. The fourth-order valence-corrected chi connectivity index (χ4v) is 2.18. The Hall–Kier alpha value is -1.69. The van der Waals surface area contributed by atoms with Gasteiger partial charge in [-0.15, -0.1) is 0 Å². The van der Waals surface area contributed by atoms with Gasteiger partial charge in [-0.3, -0.25) is 0 Å². The molecule has 0 saturated heterocycles. The van der Waals surface area contributed by atoms with Crippen LogP contribution in [0.5, 0.6) is 0 Å². The summed E-state index contributed by atoms with van der Waals surface area (Å²) < 4.78 is 1.42. The van der Waals surface area contributed by atoms with Crippen LogP contribution in [0.2, 0.25) is 0 Å². The van der Waals surface area contributed by atoms with E-state index in [2.05, 4.69) is 58.6 Å². The van der Waals surface area contributed by atoms with Crippen LogP contribution in [-0.4, -0.2) is 9.97 Å². The Bertz CT molecular complexity index is 652. The number of hydrazine groups is 1. The van der Waals surface area contributed by atoms with E-state index in [9.17, 15) is 0 Å². The molecule has 4 N–H and O–H groups in total. The lowest BCUT2D eigenvalue weighted by atomic mass is 10.2. The van der Waals surface area contributed by atoms with Gasteiger partial charge in [-0.2, -0.15) is 5.26 Å². The van der Waals surface area contributed by atoms with Crippen molar-refractivity contribution >= 4 is 49.2 Å². The number of benzene rings is 1. The molecule has 8 heteroatoms. The minimum absolute atomic E-state index is 0.452. The van der Waals surface area contributed by atoms with Crippen molar-refractivity contribution in [2.24, 2.45) is 5.84 Å². The molecule has 19 heavy (non-hydrogen) atoms. The van der Waals surface area contributed by atoms with Crippen molar-refractivity contribution in [2.45, 2.75) is 0 Å². The highest BCUT2D eigenvalue weighted by Gasteiger charge is 2.10. The third kappa shape index (κ3) is 3.01. The number of hydrogen-bond donors (Lipinski definition) is 3. The van der Waals surface area contributed by atoms with Crippen LogP contribution in [-0.2, 0) is 0 Å². The maximum atomic E-state index is 9.10. The Morgan fingerprint density at radius 2 is 1.95 bits per heavy atom. The Morgan fingerprint density at radius 1 is 1.21 bits per heavy atom. The van der Waals surface area contributed by atoms with Crippen molar-refractivity contribution in [3.05, 3.63) is 39.0 Å². The van der Waals surface area contributed by atoms with Crippen molar-refractivity contribution in [2.75, 3.05) is 10.7 Å². The molecule has 0 saturated carbocycles. The summed E-state index contributed by atoms with van der Waals surface area (Å²) in [6.07, 6.45) is 1.37. The second-order valence-electron chi connectivity index (χ2n) is 3.46. The summed E-state index contributed by atoms with van der Waals surface area (Å²) in [4.78, 5) is 8.04. The lowest BCUT2D eigenvalue weighted by Crippen LogP contribution is -2.10. The molecule has 2 rings (SSSR count). The van der Waals surface area contributed by atoms with E-state index in [1.54, 1.807) is 12.1 Å². The smallest absolute Gasteiger partial charge is 0.159 e. The van der Waals surface area contributed by atoms with Crippen molar-refractivity contribution in [1.29, 1.82) is 5.26 Å². The molecule has 1 aromatic carbocycles. The Balaban J connectivity index is 2.40. The summed E-state index contributed by atoms with van der Waals surface area (Å²) in [6.45, 7) is 0. The number of aromatic nitrogens is 2. The van der Waals surface area contributed by atoms with E-state index in [1.807, 2.05) is 6.07 Å². The van der Waals surface area contributed by atoms with Crippen LogP contribution < -0.4 is 16.6 Å². The molecule has 0 spiro atoms. The molecule has 6 nitrogen and oxygen atoms in total. The Labute approximate surface area is 126 Å². The number of nitrogens with zero attached hydrogens (tertiary/aromatic N) is 3. The first kappa shape index (κ1) is 13.7. The maximum Gasteiger partial charge on any atom is 0.159 e. The number of nitrogens with two attached hydrogens (primary N) is 1. The predicted octanol–water partition coefficient (Wildman–Crippen LogP) is 2.90. The first-order chi connectivity index (χ1) is 9.15. The second-order valence-corrected chi connectivity index (χ2v) is 5.16.